The number of aliphatic carboxylic acids is 2. The molecule has 12 heavy (non-hydrogen) atoms. The van der Waals surface area contributed by atoms with Crippen molar-refractivity contribution in [3.63, 3.8) is 0 Å². The molecule has 0 spiro atoms. The molecule has 0 saturated heterocycles. The molecule has 0 aromatic carbocycles. The van der Waals surface area contributed by atoms with E-state index in [1.165, 1.54) is 6.92 Å². The molecule has 3 N–H and O–H groups in total. The minimum Gasteiger partial charge on any atom is -0.478 e. The molecular weight excluding hydrogens is 168 g/mol. The average molecular weight is 176 g/mol. The van der Waals surface area contributed by atoms with Crippen LogP contribution < -0.4 is 0 Å². The summed E-state index contributed by atoms with van der Waals surface area (Å²) in [5.74, 6) is -2.82. The fourth-order valence-corrected chi connectivity index (χ4v) is 0.275. The Balaban J connectivity index is 4.04. The van der Waals surface area contributed by atoms with Crippen LogP contribution in [0.2, 0.25) is 0 Å². The summed E-state index contributed by atoms with van der Waals surface area (Å²) in [6, 6.07) is 0. The number of hydrogen-bond acceptors (Lipinski definition) is 4. The molecule has 0 aliphatic heterocycles. The molecule has 1 atom stereocenters. The Bertz CT molecular complexity index is 218. The van der Waals surface area contributed by atoms with Gasteiger partial charge in [-0.3, -0.25) is 0 Å². The lowest BCUT2D eigenvalue weighted by atomic mass is 10.3. The Morgan fingerprint density at radius 2 is 1.92 bits per heavy atom. The zero-order chi connectivity index (χ0) is 9.72. The molecule has 6 nitrogen and oxygen atoms in total. The molecule has 0 heterocycles. The van der Waals surface area contributed by atoms with Crippen LogP contribution in [0.1, 0.15) is 6.92 Å². The van der Waals surface area contributed by atoms with Gasteiger partial charge in [-0.15, -0.1) is 0 Å². The number of carboxylic acid groups (broad SMARTS) is 2. The second-order valence-corrected chi connectivity index (χ2v) is 1.93. The number of hydrogen-bond donors (Lipinski definition) is 3. The maximum absolute atomic E-state index is 10.1. The largest absolute Gasteiger partial charge is 0.478 e. The Hall–Kier alpha value is -1.56. The van der Waals surface area contributed by atoms with E-state index in [-0.39, 0.29) is 5.57 Å². The first-order valence-electron chi connectivity index (χ1n) is 2.91. The fraction of sp³-hybridized carbons (Fsp3) is 0.333. The fourth-order valence-electron chi connectivity index (χ4n) is 0.275. The van der Waals surface area contributed by atoms with Crippen LogP contribution in [-0.2, 0) is 14.3 Å². The van der Waals surface area contributed by atoms with Crippen molar-refractivity contribution < 1.29 is 29.6 Å². The first-order valence-corrected chi connectivity index (χ1v) is 2.91. The van der Waals surface area contributed by atoms with Gasteiger partial charge in [0, 0.05) is 0 Å². The van der Waals surface area contributed by atoms with Crippen molar-refractivity contribution in [3.05, 3.63) is 11.8 Å². The highest BCUT2D eigenvalue weighted by Crippen LogP contribution is 1.95. The van der Waals surface area contributed by atoms with Crippen LogP contribution in [0, 0.1) is 0 Å². The quantitative estimate of drug-likeness (QED) is 0.300. The smallest absolute Gasteiger partial charge is 0.373 e. The monoisotopic (exact) mass is 176 g/mol. The van der Waals surface area contributed by atoms with Gasteiger partial charge < -0.3 is 20.1 Å². The van der Waals surface area contributed by atoms with Gasteiger partial charge >= 0.3 is 11.9 Å². The van der Waals surface area contributed by atoms with Gasteiger partial charge in [0.25, 0.3) is 6.29 Å². The molecule has 0 rings (SSSR count). The molecule has 0 aliphatic rings. The van der Waals surface area contributed by atoms with Crippen LogP contribution in [0.25, 0.3) is 0 Å². The maximum Gasteiger partial charge on any atom is 0.373 e. The third kappa shape index (κ3) is 3.57. The van der Waals surface area contributed by atoms with Crippen LogP contribution >= 0.6 is 0 Å². The SMILES string of the molecule is CC(=COC(O)C(=O)O)C(=O)O. The van der Waals surface area contributed by atoms with Gasteiger partial charge in [0.2, 0.25) is 0 Å². The zero-order valence-corrected chi connectivity index (χ0v) is 6.22. The molecule has 0 saturated carbocycles. The first kappa shape index (κ1) is 10.4. The van der Waals surface area contributed by atoms with E-state index in [1.807, 2.05) is 0 Å². The minimum atomic E-state index is -2.03. The Labute approximate surface area is 67.7 Å². The van der Waals surface area contributed by atoms with E-state index in [9.17, 15) is 9.59 Å². The van der Waals surface area contributed by atoms with Crippen molar-refractivity contribution >= 4 is 11.9 Å². The van der Waals surface area contributed by atoms with Crippen LogP contribution in [0.3, 0.4) is 0 Å². The second kappa shape index (κ2) is 4.35. The summed E-state index contributed by atoms with van der Waals surface area (Å²) in [5, 5.41) is 24.8. The number of rotatable bonds is 4. The van der Waals surface area contributed by atoms with Gasteiger partial charge in [-0.1, -0.05) is 0 Å². The molecular formula is C6H8O6. The third-order valence-corrected chi connectivity index (χ3v) is 0.922. The summed E-state index contributed by atoms with van der Waals surface area (Å²) in [7, 11) is 0. The van der Waals surface area contributed by atoms with Gasteiger partial charge in [0.15, 0.2) is 0 Å². The molecule has 0 fully saturated rings. The van der Waals surface area contributed by atoms with Crippen LogP contribution in [0.4, 0.5) is 0 Å². The van der Waals surface area contributed by atoms with Crippen molar-refractivity contribution in [2.45, 2.75) is 13.2 Å². The van der Waals surface area contributed by atoms with Gasteiger partial charge in [0.1, 0.15) is 0 Å². The molecule has 0 aromatic rings. The van der Waals surface area contributed by atoms with Crippen molar-refractivity contribution in [2.24, 2.45) is 0 Å². The molecule has 0 amide bonds. The molecule has 1 unspecified atom stereocenters. The topological polar surface area (TPSA) is 104 Å². The summed E-state index contributed by atoms with van der Waals surface area (Å²) in [5.41, 5.74) is -0.199. The lowest BCUT2D eigenvalue weighted by Gasteiger charge is -2.03. The molecule has 0 aromatic heterocycles. The van der Waals surface area contributed by atoms with E-state index in [2.05, 4.69) is 4.74 Å². The predicted octanol–water partition coefficient (Wildman–Crippen LogP) is -0.606. The van der Waals surface area contributed by atoms with E-state index in [1.54, 1.807) is 0 Å². The Morgan fingerprint density at radius 3 is 2.25 bits per heavy atom. The first-order chi connectivity index (χ1) is 5.45. The van der Waals surface area contributed by atoms with Gasteiger partial charge in [0.05, 0.1) is 11.8 Å². The van der Waals surface area contributed by atoms with E-state index in [4.69, 9.17) is 15.3 Å². The van der Waals surface area contributed by atoms with Crippen molar-refractivity contribution in [3.8, 4) is 0 Å². The van der Waals surface area contributed by atoms with Crippen molar-refractivity contribution in [1.29, 1.82) is 0 Å². The van der Waals surface area contributed by atoms with Crippen LogP contribution in [0.15, 0.2) is 11.8 Å². The van der Waals surface area contributed by atoms with Gasteiger partial charge in [-0.2, -0.15) is 0 Å². The summed E-state index contributed by atoms with van der Waals surface area (Å²) in [6.07, 6.45) is -1.36. The van der Waals surface area contributed by atoms with Crippen molar-refractivity contribution in [2.75, 3.05) is 0 Å². The van der Waals surface area contributed by atoms with Crippen molar-refractivity contribution in [1.82, 2.24) is 0 Å². The van der Waals surface area contributed by atoms with Crippen LogP contribution in [0.5, 0.6) is 0 Å². The van der Waals surface area contributed by atoms with E-state index in [0.717, 1.165) is 0 Å². The number of ether oxygens (including phenoxy) is 1. The molecule has 0 radical (unpaired) electrons. The third-order valence-electron chi connectivity index (χ3n) is 0.922. The number of aliphatic hydroxyl groups excluding tert-OH is 1. The second-order valence-electron chi connectivity index (χ2n) is 1.93. The highest BCUT2D eigenvalue weighted by atomic mass is 16.6. The van der Waals surface area contributed by atoms with Gasteiger partial charge in [-0.05, 0) is 6.92 Å². The Morgan fingerprint density at radius 1 is 1.42 bits per heavy atom. The average Bonchev–Trinajstić information content (AvgIpc) is 1.98. The van der Waals surface area contributed by atoms with Gasteiger partial charge in [-0.25, -0.2) is 9.59 Å². The molecule has 6 heteroatoms. The normalized spacial score (nSPS) is 13.7. The molecule has 68 valence electrons. The number of aliphatic hydroxyl groups is 1. The summed E-state index contributed by atoms with van der Waals surface area (Å²) < 4.78 is 4.14. The highest BCUT2D eigenvalue weighted by Gasteiger charge is 2.12. The highest BCUT2D eigenvalue weighted by molar-refractivity contribution is 5.85. The van der Waals surface area contributed by atoms with E-state index >= 15 is 0 Å². The standard InChI is InChI=1S/C6H8O6/c1-3(4(7)8)2-12-6(11)5(9)10/h2,6,11H,1H3,(H,7,8)(H,9,10). The minimum absolute atomic E-state index is 0.199. The molecule has 0 bridgehead atoms. The van der Waals surface area contributed by atoms with Crippen LogP contribution in [-0.4, -0.2) is 33.5 Å². The van der Waals surface area contributed by atoms with E-state index in [0.29, 0.717) is 6.26 Å². The summed E-state index contributed by atoms with van der Waals surface area (Å²) in [4.78, 5) is 20.0. The predicted molar refractivity (Wildman–Crippen MR) is 36.1 cm³/mol. The molecule has 0 aliphatic carbocycles. The lowest BCUT2D eigenvalue weighted by Crippen LogP contribution is -2.21. The zero-order valence-electron chi connectivity index (χ0n) is 6.22. The Kier molecular flexibility index (Phi) is 3.78. The summed E-state index contributed by atoms with van der Waals surface area (Å²) in [6.45, 7) is 1.21. The summed E-state index contributed by atoms with van der Waals surface area (Å²) >= 11 is 0. The van der Waals surface area contributed by atoms with E-state index < -0.39 is 18.2 Å². The lowest BCUT2D eigenvalue weighted by molar-refractivity contribution is -0.167. The maximum atomic E-state index is 10.1. The number of carboxylic acids is 2. The number of carbonyl (C=O) groups is 2.